The van der Waals surface area contributed by atoms with Crippen LogP contribution in [0.5, 0.6) is 11.5 Å². The van der Waals surface area contributed by atoms with Crippen LogP contribution in [0, 0.1) is 17.2 Å². The van der Waals surface area contributed by atoms with Crippen molar-refractivity contribution in [3.63, 3.8) is 0 Å². The van der Waals surface area contributed by atoms with Gasteiger partial charge in [-0.25, -0.2) is 0 Å². The molecule has 2 aliphatic rings. The van der Waals surface area contributed by atoms with Crippen molar-refractivity contribution in [1.82, 2.24) is 9.97 Å². The maximum Gasteiger partial charge on any atom is 0.258 e. The van der Waals surface area contributed by atoms with E-state index in [9.17, 15) is 14.9 Å². The summed E-state index contributed by atoms with van der Waals surface area (Å²) < 4.78 is 11.2. The first kappa shape index (κ1) is 20.6. The van der Waals surface area contributed by atoms with Crippen LogP contribution in [-0.4, -0.2) is 35.6 Å². The molecule has 2 aliphatic heterocycles. The molecule has 2 atom stereocenters. The van der Waals surface area contributed by atoms with E-state index in [1.165, 1.54) is 0 Å². The van der Waals surface area contributed by atoms with Gasteiger partial charge in [-0.15, -0.1) is 0 Å². The first-order valence-electron chi connectivity index (χ1n) is 10.7. The lowest BCUT2D eigenvalue weighted by Crippen LogP contribution is -2.38. The molecule has 2 unspecified atom stereocenters. The Labute approximate surface area is 189 Å². The van der Waals surface area contributed by atoms with Crippen molar-refractivity contribution in [3.05, 3.63) is 75.6 Å². The molecule has 3 heterocycles. The number of hydrogen-bond acceptors (Lipinski definition) is 7. The maximum absolute atomic E-state index is 13.1. The van der Waals surface area contributed by atoms with Crippen molar-refractivity contribution in [2.45, 2.75) is 12.3 Å². The predicted octanol–water partition coefficient (Wildman–Crippen LogP) is 2.42. The van der Waals surface area contributed by atoms with Gasteiger partial charge >= 0.3 is 0 Å². The van der Waals surface area contributed by atoms with Crippen LogP contribution in [0.15, 0.2) is 53.3 Å². The SMILES string of the molecule is N#CC1C(=O)Nc2nc(NCCc3ccccc3)[nH]c(=O)c2C1c1ccc2c(c1)OCCO2. The standard InChI is InChI=1S/C24H21N5O4/c25-13-16-19(15-6-7-17-18(12-15)33-11-10-32-17)20-21(27-22(16)30)28-24(29-23(20)31)26-9-8-14-4-2-1-3-5-14/h1-7,12,16,19H,8-11H2,(H3,26,27,28,29,30,31). The summed E-state index contributed by atoms with van der Waals surface area (Å²) in [6, 6.07) is 17.2. The topological polar surface area (TPSA) is 129 Å². The molecule has 33 heavy (non-hydrogen) atoms. The van der Waals surface area contributed by atoms with Crippen LogP contribution >= 0.6 is 0 Å². The lowest BCUT2D eigenvalue weighted by molar-refractivity contribution is -0.119. The summed E-state index contributed by atoms with van der Waals surface area (Å²) in [5.41, 5.74) is 1.59. The summed E-state index contributed by atoms with van der Waals surface area (Å²) in [5.74, 6) is -0.860. The van der Waals surface area contributed by atoms with Gasteiger partial charge in [0.05, 0.1) is 11.6 Å². The lowest BCUT2D eigenvalue weighted by Gasteiger charge is -2.29. The summed E-state index contributed by atoms with van der Waals surface area (Å²) in [6.07, 6.45) is 0.740. The monoisotopic (exact) mass is 443 g/mol. The van der Waals surface area contributed by atoms with E-state index >= 15 is 0 Å². The first-order chi connectivity index (χ1) is 16.1. The fraction of sp³-hybridized carbons (Fsp3) is 0.250. The predicted molar refractivity (Wildman–Crippen MR) is 121 cm³/mol. The highest BCUT2D eigenvalue weighted by molar-refractivity contribution is 5.98. The Morgan fingerprint density at radius 3 is 2.67 bits per heavy atom. The molecule has 0 spiro atoms. The summed E-state index contributed by atoms with van der Waals surface area (Å²) in [4.78, 5) is 33.0. The van der Waals surface area contributed by atoms with E-state index in [0.29, 0.717) is 36.8 Å². The number of nitrogens with one attached hydrogen (secondary N) is 3. The molecule has 0 saturated heterocycles. The summed E-state index contributed by atoms with van der Waals surface area (Å²) in [6.45, 7) is 1.40. The zero-order valence-electron chi connectivity index (χ0n) is 17.6. The van der Waals surface area contributed by atoms with E-state index in [1.807, 2.05) is 36.4 Å². The van der Waals surface area contributed by atoms with E-state index in [-0.39, 0.29) is 17.3 Å². The normalized spacial score (nSPS) is 18.6. The van der Waals surface area contributed by atoms with Gasteiger partial charge < -0.3 is 20.1 Å². The third-order valence-corrected chi connectivity index (χ3v) is 5.74. The Morgan fingerprint density at radius 2 is 1.88 bits per heavy atom. The van der Waals surface area contributed by atoms with Crippen molar-refractivity contribution in [3.8, 4) is 17.6 Å². The van der Waals surface area contributed by atoms with E-state index in [1.54, 1.807) is 18.2 Å². The van der Waals surface area contributed by atoms with Crippen LogP contribution in [0.2, 0.25) is 0 Å². The fourth-order valence-corrected chi connectivity index (χ4v) is 4.18. The minimum Gasteiger partial charge on any atom is -0.486 e. The molecule has 0 fully saturated rings. The number of nitriles is 1. The van der Waals surface area contributed by atoms with Crippen molar-refractivity contribution in [2.24, 2.45) is 5.92 Å². The van der Waals surface area contributed by atoms with Crippen LogP contribution in [0.25, 0.3) is 0 Å². The Morgan fingerprint density at radius 1 is 1.09 bits per heavy atom. The van der Waals surface area contributed by atoms with Gasteiger partial charge in [-0.3, -0.25) is 14.6 Å². The first-order valence-corrected chi connectivity index (χ1v) is 10.7. The van der Waals surface area contributed by atoms with Gasteiger partial charge in [-0.05, 0) is 29.7 Å². The fourth-order valence-electron chi connectivity index (χ4n) is 4.18. The van der Waals surface area contributed by atoms with Crippen LogP contribution in [-0.2, 0) is 11.2 Å². The van der Waals surface area contributed by atoms with Crippen molar-refractivity contribution in [1.29, 1.82) is 5.26 Å². The molecular formula is C24H21N5O4. The van der Waals surface area contributed by atoms with E-state index in [0.717, 1.165) is 12.0 Å². The molecule has 0 bridgehead atoms. The number of carbonyl (C=O) groups is 1. The Bertz CT molecular complexity index is 1300. The second-order valence-electron chi connectivity index (χ2n) is 7.82. The Hall–Kier alpha value is -4.32. The minimum absolute atomic E-state index is 0.150. The smallest absolute Gasteiger partial charge is 0.258 e. The number of carbonyl (C=O) groups excluding carboxylic acids is 1. The molecule has 1 aromatic heterocycles. The average Bonchev–Trinajstić information content (AvgIpc) is 2.83. The molecule has 0 radical (unpaired) electrons. The zero-order chi connectivity index (χ0) is 22.8. The molecule has 166 valence electrons. The number of aromatic nitrogens is 2. The Kier molecular flexibility index (Phi) is 5.40. The van der Waals surface area contributed by atoms with Crippen LogP contribution in [0.3, 0.4) is 0 Å². The summed E-state index contributed by atoms with van der Waals surface area (Å²) in [7, 11) is 0. The molecule has 3 aromatic rings. The number of hydrogen-bond donors (Lipinski definition) is 3. The third-order valence-electron chi connectivity index (χ3n) is 5.74. The van der Waals surface area contributed by atoms with Gasteiger partial charge in [-0.2, -0.15) is 10.2 Å². The molecule has 0 saturated carbocycles. The number of anilines is 2. The molecular weight excluding hydrogens is 422 g/mol. The number of amides is 1. The summed E-state index contributed by atoms with van der Waals surface area (Å²) in [5, 5.41) is 15.4. The summed E-state index contributed by atoms with van der Waals surface area (Å²) >= 11 is 0. The number of ether oxygens (including phenoxy) is 2. The molecule has 1 amide bonds. The zero-order valence-corrected chi connectivity index (χ0v) is 17.6. The quantitative estimate of drug-likeness (QED) is 0.552. The van der Waals surface area contributed by atoms with Crippen LogP contribution in [0.1, 0.15) is 22.6 Å². The lowest BCUT2D eigenvalue weighted by atomic mass is 9.79. The van der Waals surface area contributed by atoms with Gasteiger partial charge in [0.15, 0.2) is 11.5 Å². The van der Waals surface area contributed by atoms with Crippen LogP contribution < -0.4 is 25.7 Å². The maximum atomic E-state index is 13.1. The second kappa shape index (κ2) is 8.67. The number of nitrogens with zero attached hydrogens (tertiary/aromatic N) is 2. The molecule has 3 N–H and O–H groups in total. The number of aromatic amines is 1. The number of H-pyrrole nitrogens is 1. The van der Waals surface area contributed by atoms with Gasteiger partial charge in [0, 0.05) is 12.5 Å². The number of fused-ring (bicyclic) bond motifs is 2. The molecule has 9 nitrogen and oxygen atoms in total. The van der Waals surface area contributed by atoms with Gasteiger partial charge in [-0.1, -0.05) is 36.4 Å². The van der Waals surface area contributed by atoms with E-state index in [4.69, 9.17) is 9.47 Å². The second-order valence-corrected chi connectivity index (χ2v) is 7.82. The van der Waals surface area contributed by atoms with Crippen molar-refractivity contribution in [2.75, 3.05) is 30.4 Å². The van der Waals surface area contributed by atoms with Crippen molar-refractivity contribution >= 4 is 17.7 Å². The molecule has 5 rings (SSSR count). The minimum atomic E-state index is -1.08. The average molecular weight is 443 g/mol. The highest BCUT2D eigenvalue weighted by Gasteiger charge is 2.40. The molecule has 9 heteroatoms. The Balaban J connectivity index is 1.47. The molecule has 0 aliphatic carbocycles. The number of benzene rings is 2. The van der Waals surface area contributed by atoms with E-state index < -0.39 is 23.3 Å². The highest BCUT2D eigenvalue weighted by Crippen LogP contribution is 2.41. The molecule has 2 aromatic carbocycles. The largest absolute Gasteiger partial charge is 0.486 e. The number of rotatable bonds is 5. The third kappa shape index (κ3) is 3.99. The van der Waals surface area contributed by atoms with Crippen molar-refractivity contribution < 1.29 is 14.3 Å². The van der Waals surface area contributed by atoms with Gasteiger partial charge in [0.2, 0.25) is 11.9 Å². The highest BCUT2D eigenvalue weighted by atomic mass is 16.6. The van der Waals surface area contributed by atoms with Gasteiger partial charge in [0.1, 0.15) is 24.9 Å². The van der Waals surface area contributed by atoms with E-state index in [2.05, 4.69) is 20.6 Å². The van der Waals surface area contributed by atoms with Crippen LogP contribution in [0.4, 0.5) is 11.8 Å². The van der Waals surface area contributed by atoms with Gasteiger partial charge in [0.25, 0.3) is 5.56 Å².